The van der Waals surface area contributed by atoms with Gasteiger partial charge in [0, 0.05) is 0 Å². The predicted molar refractivity (Wildman–Crippen MR) is 122 cm³/mol. The first-order valence-corrected chi connectivity index (χ1v) is 10.3. The molecule has 1 aliphatic heterocycles. The molecule has 6 heteroatoms. The Morgan fingerprint density at radius 3 is 2.34 bits per heavy atom. The van der Waals surface area contributed by atoms with E-state index in [9.17, 15) is 14.4 Å². The molecule has 3 aromatic carbocycles. The molecular formula is C26H22N2O4. The van der Waals surface area contributed by atoms with E-state index in [0.717, 1.165) is 22.4 Å². The van der Waals surface area contributed by atoms with Crippen molar-refractivity contribution in [2.75, 3.05) is 4.90 Å². The van der Waals surface area contributed by atoms with Gasteiger partial charge in [-0.25, -0.2) is 9.69 Å². The van der Waals surface area contributed by atoms with Crippen molar-refractivity contribution in [3.8, 4) is 5.75 Å². The van der Waals surface area contributed by atoms with Gasteiger partial charge in [-0.2, -0.15) is 0 Å². The number of carbonyl (C=O) groups is 3. The summed E-state index contributed by atoms with van der Waals surface area (Å²) in [5, 5.41) is 2.25. The maximum Gasteiger partial charge on any atom is 0.335 e. The van der Waals surface area contributed by atoms with E-state index in [-0.39, 0.29) is 5.57 Å². The second-order valence-electron chi connectivity index (χ2n) is 7.32. The number of amides is 4. The highest BCUT2D eigenvalue weighted by Crippen LogP contribution is 2.24. The lowest BCUT2D eigenvalue weighted by atomic mass is 10.1. The summed E-state index contributed by atoms with van der Waals surface area (Å²) >= 11 is 0. The number of nitrogens with zero attached hydrogens (tertiary/aromatic N) is 1. The van der Waals surface area contributed by atoms with Gasteiger partial charge in [0.25, 0.3) is 11.8 Å². The van der Waals surface area contributed by atoms with Gasteiger partial charge in [-0.05, 0) is 53.5 Å². The molecule has 32 heavy (non-hydrogen) atoms. The Morgan fingerprint density at radius 2 is 1.62 bits per heavy atom. The van der Waals surface area contributed by atoms with Crippen molar-refractivity contribution in [1.82, 2.24) is 5.32 Å². The van der Waals surface area contributed by atoms with Crippen LogP contribution in [0.15, 0.2) is 84.4 Å². The number of aryl methyl sites for hydroxylation is 1. The SMILES string of the molecule is CCc1ccc(N2C(=O)NC(=O)/C(=C/c3cccc(OCc4ccccc4)c3)C2=O)cc1. The lowest BCUT2D eigenvalue weighted by Crippen LogP contribution is -2.54. The third-order valence-electron chi connectivity index (χ3n) is 5.12. The van der Waals surface area contributed by atoms with Crippen molar-refractivity contribution in [1.29, 1.82) is 0 Å². The van der Waals surface area contributed by atoms with Crippen molar-refractivity contribution in [3.05, 3.63) is 101 Å². The van der Waals surface area contributed by atoms with Crippen LogP contribution in [0.4, 0.5) is 10.5 Å². The summed E-state index contributed by atoms with van der Waals surface area (Å²) in [5.74, 6) is -0.786. The van der Waals surface area contributed by atoms with E-state index >= 15 is 0 Å². The van der Waals surface area contributed by atoms with Crippen LogP contribution in [-0.2, 0) is 22.6 Å². The van der Waals surface area contributed by atoms with Crippen molar-refractivity contribution in [2.45, 2.75) is 20.0 Å². The van der Waals surface area contributed by atoms with Gasteiger partial charge >= 0.3 is 6.03 Å². The number of imide groups is 2. The van der Waals surface area contributed by atoms with Gasteiger partial charge in [-0.1, -0.05) is 61.5 Å². The molecule has 0 atom stereocenters. The molecule has 0 saturated carbocycles. The van der Waals surface area contributed by atoms with Gasteiger partial charge in [0.2, 0.25) is 0 Å². The third kappa shape index (κ3) is 4.59. The summed E-state index contributed by atoms with van der Waals surface area (Å²) in [4.78, 5) is 38.8. The number of hydrogen-bond acceptors (Lipinski definition) is 4. The van der Waals surface area contributed by atoms with E-state index < -0.39 is 17.8 Å². The Labute approximate surface area is 186 Å². The van der Waals surface area contributed by atoms with Gasteiger partial charge in [0.05, 0.1) is 5.69 Å². The Hall–Kier alpha value is -4.19. The van der Waals surface area contributed by atoms with Gasteiger partial charge in [0.1, 0.15) is 17.9 Å². The van der Waals surface area contributed by atoms with Crippen molar-refractivity contribution in [2.24, 2.45) is 0 Å². The van der Waals surface area contributed by atoms with Crippen LogP contribution < -0.4 is 15.0 Å². The summed E-state index contributed by atoms with van der Waals surface area (Å²) in [7, 11) is 0. The molecule has 0 radical (unpaired) electrons. The largest absolute Gasteiger partial charge is 0.489 e. The molecule has 1 N–H and O–H groups in total. The van der Waals surface area contributed by atoms with Gasteiger partial charge in [-0.15, -0.1) is 0 Å². The van der Waals surface area contributed by atoms with E-state index in [1.165, 1.54) is 6.08 Å². The number of benzene rings is 3. The quantitative estimate of drug-likeness (QED) is 0.465. The van der Waals surface area contributed by atoms with Crippen molar-refractivity contribution in [3.63, 3.8) is 0 Å². The highest BCUT2D eigenvalue weighted by molar-refractivity contribution is 6.39. The molecule has 1 saturated heterocycles. The maximum atomic E-state index is 13.0. The zero-order valence-corrected chi connectivity index (χ0v) is 17.6. The first-order valence-electron chi connectivity index (χ1n) is 10.3. The van der Waals surface area contributed by atoms with Crippen LogP contribution in [0.3, 0.4) is 0 Å². The van der Waals surface area contributed by atoms with E-state index in [4.69, 9.17) is 4.74 Å². The monoisotopic (exact) mass is 426 g/mol. The summed E-state index contributed by atoms with van der Waals surface area (Å²) in [5.41, 5.74) is 3.01. The highest BCUT2D eigenvalue weighted by atomic mass is 16.5. The summed E-state index contributed by atoms with van der Waals surface area (Å²) in [6.07, 6.45) is 2.31. The van der Waals surface area contributed by atoms with Gasteiger partial charge in [-0.3, -0.25) is 14.9 Å². The van der Waals surface area contributed by atoms with Crippen molar-refractivity contribution >= 4 is 29.6 Å². The Balaban J connectivity index is 1.57. The topological polar surface area (TPSA) is 75.7 Å². The Morgan fingerprint density at radius 1 is 0.875 bits per heavy atom. The minimum absolute atomic E-state index is 0.121. The number of urea groups is 1. The van der Waals surface area contributed by atoms with Gasteiger partial charge in [0.15, 0.2) is 0 Å². The number of ether oxygens (including phenoxy) is 1. The van der Waals surface area contributed by atoms with E-state index in [2.05, 4.69) is 5.32 Å². The highest BCUT2D eigenvalue weighted by Gasteiger charge is 2.36. The fraction of sp³-hybridized carbons (Fsp3) is 0.115. The molecule has 6 nitrogen and oxygen atoms in total. The average Bonchev–Trinajstić information content (AvgIpc) is 2.82. The number of rotatable bonds is 6. The van der Waals surface area contributed by atoms with E-state index in [1.54, 1.807) is 36.4 Å². The van der Waals surface area contributed by atoms with E-state index in [1.807, 2.05) is 49.4 Å². The standard InChI is InChI=1S/C26H22N2O4/c1-2-18-11-13-21(14-12-18)28-25(30)23(24(29)27-26(28)31)16-20-9-6-10-22(15-20)32-17-19-7-4-3-5-8-19/h3-16H,2,17H2,1H3,(H,27,29,31)/b23-16-. The zero-order chi connectivity index (χ0) is 22.5. The van der Waals surface area contributed by atoms with Crippen LogP contribution in [0.1, 0.15) is 23.6 Å². The molecule has 4 amide bonds. The molecule has 1 aliphatic rings. The number of anilines is 1. The fourth-order valence-electron chi connectivity index (χ4n) is 3.37. The van der Waals surface area contributed by atoms with Crippen LogP contribution in [0, 0.1) is 0 Å². The molecular weight excluding hydrogens is 404 g/mol. The minimum atomic E-state index is -0.763. The number of hydrogen-bond donors (Lipinski definition) is 1. The molecule has 0 unspecified atom stereocenters. The molecule has 3 aromatic rings. The summed E-state index contributed by atoms with van der Waals surface area (Å²) in [6, 6.07) is 23.2. The zero-order valence-electron chi connectivity index (χ0n) is 17.6. The number of carbonyl (C=O) groups excluding carboxylic acids is 3. The molecule has 4 rings (SSSR count). The lowest BCUT2D eigenvalue weighted by molar-refractivity contribution is -0.122. The number of barbiturate groups is 1. The fourth-order valence-corrected chi connectivity index (χ4v) is 3.37. The van der Waals surface area contributed by atoms with E-state index in [0.29, 0.717) is 23.6 Å². The minimum Gasteiger partial charge on any atom is -0.489 e. The first kappa shape index (κ1) is 21.1. The molecule has 160 valence electrons. The molecule has 1 heterocycles. The molecule has 0 aromatic heterocycles. The Bertz CT molecular complexity index is 1180. The molecule has 0 bridgehead atoms. The lowest BCUT2D eigenvalue weighted by Gasteiger charge is -2.26. The van der Waals surface area contributed by atoms with Crippen LogP contribution >= 0.6 is 0 Å². The molecule has 0 aliphatic carbocycles. The van der Waals surface area contributed by atoms with Gasteiger partial charge < -0.3 is 4.74 Å². The normalized spacial score (nSPS) is 15.1. The van der Waals surface area contributed by atoms with Crippen LogP contribution in [0.2, 0.25) is 0 Å². The molecule has 0 spiro atoms. The second kappa shape index (κ2) is 9.31. The van der Waals surface area contributed by atoms with Crippen LogP contribution in [-0.4, -0.2) is 17.8 Å². The average molecular weight is 426 g/mol. The predicted octanol–water partition coefficient (Wildman–Crippen LogP) is 4.49. The summed E-state index contributed by atoms with van der Waals surface area (Å²) in [6.45, 7) is 2.42. The number of nitrogens with one attached hydrogen (secondary N) is 1. The smallest absolute Gasteiger partial charge is 0.335 e. The summed E-state index contributed by atoms with van der Waals surface area (Å²) < 4.78 is 5.83. The van der Waals surface area contributed by atoms with Crippen molar-refractivity contribution < 1.29 is 19.1 Å². The first-order chi connectivity index (χ1) is 15.5. The third-order valence-corrected chi connectivity index (χ3v) is 5.12. The van der Waals surface area contributed by atoms with Crippen LogP contribution in [0.5, 0.6) is 5.75 Å². The molecule has 1 fully saturated rings. The Kier molecular flexibility index (Phi) is 6.12. The second-order valence-corrected chi connectivity index (χ2v) is 7.32. The maximum absolute atomic E-state index is 13.0. The van der Waals surface area contributed by atoms with Crippen LogP contribution in [0.25, 0.3) is 6.08 Å².